The van der Waals surface area contributed by atoms with Gasteiger partial charge in [0.15, 0.2) is 0 Å². The standard InChI is InChI=1S/C21H22F3N3O3/c22-21(23,24)17-5-3-14(4-6-17)15-7-18(12-30-11-13-1-2-13)27(10-15)20-25-8-16(9-26-20)19(28)29/h3-6,8-9,13,15,18H,1-2,7,10-12H2,(H,28,29)/t15?,18-/m0/s1. The number of halogens is 3. The molecule has 1 saturated carbocycles. The highest BCUT2D eigenvalue weighted by atomic mass is 19.4. The van der Waals surface area contributed by atoms with Crippen molar-refractivity contribution in [2.45, 2.75) is 37.4 Å². The molecule has 30 heavy (non-hydrogen) atoms. The molecular formula is C21H22F3N3O3. The smallest absolute Gasteiger partial charge is 0.416 e. The first-order chi connectivity index (χ1) is 14.3. The fourth-order valence-corrected chi connectivity index (χ4v) is 3.74. The molecule has 1 unspecified atom stereocenters. The Balaban J connectivity index is 1.51. The quantitative estimate of drug-likeness (QED) is 0.729. The van der Waals surface area contributed by atoms with Gasteiger partial charge in [0.05, 0.1) is 23.8 Å². The van der Waals surface area contributed by atoms with Crippen LogP contribution in [0.15, 0.2) is 36.7 Å². The van der Waals surface area contributed by atoms with E-state index >= 15 is 0 Å². The van der Waals surface area contributed by atoms with Crippen molar-refractivity contribution in [1.82, 2.24) is 9.97 Å². The summed E-state index contributed by atoms with van der Waals surface area (Å²) in [5.41, 5.74) is 0.150. The second-order valence-corrected chi connectivity index (χ2v) is 7.92. The van der Waals surface area contributed by atoms with Gasteiger partial charge in [0.2, 0.25) is 5.95 Å². The van der Waals surface area contributed by atoms with E-state index in [0.29, 0.717) is 38.0 Å². The highest BCUT2D eigenvalue weighted by Crippen LogP contribution is 2.36. The summed E-state index contributed by atoms with van der Waals surface area (Å²) < 4.78 is 44.4. The Morgan fingerprint density at radius 3 is 2.37 bits per heavy atom. The van der Waals surface area contributed by atoms with Crippen molar-refractivity contribution in [3.05, 3.63) is 53.3 Å². The van der Waals surface area contributed by atoms with Crippen molar-refractivity contribution < 1.29 is 27.8 Å². The van der Waals surface area contributed by atoms with Gasteiger partial charge in [-0.05, 0) is 42.9 Å². The number of aromatic nitrogens is 2. The Labute approximate surface area is 171 Å². The lowest BCUT2D eigenvalue weighted by molar-refractivity contribution is -0.137. The maximum atomic E-state index is 12.9. The number of anilines is 1. The molecule has 1 saturated heterocycles. The number of hydrogen-bond donors (Lipinski definition) is 1. The molecule has 4 rings (SSSR count). The van der Waals surface area contributed by atoms with E-state index in [2.05, 4.69) is 9.97 Å². The average molecular weight is 421 g/mol. The second kappa shape index (κ2) is 8.22. The van der Waals surface area contributed by atoms with E-state index < -0.39 is 17.7 Å². The number of aromatic carboxylic acids is 1. The molecule has 160 valence electrons. The van der Waals surface area contributed by atoms with Gasteiger partial charge < -0.3 is 14.7 Å². The Hall–Kier alpha value is -2.68. The number of carboxylic acid groups (broad SMARTS) is 1. The molecule has 6 nitrogen and oxygen atoms in total. The Bertz CT molecular complexity index is 883. The van der Waals surface area contributed by atoms with E-state index in [0.717, 1.165) is 17.7 Å². The Morgan fingerprint density at radius 1 is 1.13 bits per heavy atom. The zero-order valence-corrected chi connectivity index (χ0v) is 16.2. The highest BCUT2D eigenvalue weighted by molar-refractivity contribution is 5.86. The number of alkyl halides is 3. The average Bonchev–Trinajstić information content (AvgIpc) is 3.45. The lowest BCUT2D eigenvalue weighted by atomic mass is 9.95. The number of nitrogens with zero attached hydrogens (tertiary/aromatic N) is 3. The third kappa shape index (κ3) is 4.72. The van der Waals surface area contributed by atoms with Crippen LogP contribution in [0.2, 0.25) is 0 Å². The number of ether oxygens (including phenoxy) is 1. The highest BCUT2D eigenvalue weighted by Gasteiger charge is 2.36. The molecule has 0 radical (unpaired) electrons. The summed E-state index contributed by atoms with van der Waals surface area (Å²) in [6.45, 7) is 1.70. The predicted octanol–water partition coefficient (Wildman–Crippen LogP) is 3.98. The fraction of sp³-hybridized carbons (Fsp3) is 0.476. The largest absolute Gasteiger partial charge is 0.478 e. The predicted molar refractivity (Wildman–Crippen MR) is 102 cm³/mol. The molecule has 0 amide bonds. The van der Waals surface area contributed by atoms with Crippen molar-refractivity contribution in [3.63, 3.8) is 0 Å². The fourth-order valence-electron chi connectivity index (χ4n) is 3.74. The van der Waals surface area contributed by atoms with Gasteiger partial charge in [0, 0.05) is 31.5 Å². The van der Waals surface area contributed by atoms with Crippen LogP contribution in [-0.2, 0) is 10.9 Å². The summed E-state index contributed by atoms with van der Waals surface area (Å²) in [4.78, 5) is 21.4. The van der Waals surface area contributed by atoms with Crippen LogP contribution < -0.4 is 4.90 Å². The monoisotopic (exact) mass is 421 g/mol. The molecule has 1 aliphatic heterocycles. The number of carboxylic acids is 1. The Morgan fingerprint density at radius 2 is 1.80 bits per heavy atom. The van der Waals surface area contributed by atoms with Crippen LogP contribution in [-0.4, -0.2) is 46.8 Å². The second-order valence-electron chi connectivity index (χ2n) is 7.92. The summed E-state index contributed by atoms with van der Waals surface area (Å²) in [5, 5.41) is 9.04. The van der Waals surface area contributed by atoms with Gasteiger partial charge in [-0.3, -0.25) is 0 Å². The minimum Gasteiger partial charge on any atom is -0.478 e. The van der Waals surface area contributed by atoms with Crippen LogP contribution in [0.5, 0.6) is 0 Å². The van der Waals surface area contributed by atoms with Gasteiger partial charge in [-0.1, -0.05) is 12.1 Å². The van der Waals surface area contributed by atoms with Gasteiger partial charge >= 0.3 is 12.1 Å². The number of benzene rings is 1. The lowest BCUT2D eigenvalue weighted by Crippen LogP contribution is -2.34. The number of carbonyl (C=O) groups is 1. The molecule has 9 heteroatoms. The molecule has 0 bridgehead atoms. The molecule has 2 heterocycles. The van der Waals surface area contributed by atoms with Crippen molar-refractivity contribution in [3.8, 4) is 0 Å². The number of rotatable bonds is 7. The third-order valence-corrected chi connectivity index (χ3v) is 5.63. The minimum atomic E-state index is -4.36. The topological polar surface area (TPSA) is 75.5 Å². The molecule has 2 fully saturated rings. The van der Waals surface area contributed by atoms with Gasteiger partial charge in [-0.25, -0.2) is 14.8 Å². The van der Waals surface area contributed by atoms with Crippen LogP contribution in [0, 0.1) is 5.92 Å². The van der Waals surface area contributed by atoms with Crippen LogP contribution in [0.4, 0.5) is 19.1 Å². The zero-order chi connectivity index (χ0) is 21.3. The maximum absolute atomic E-state index is 12.9. The molecule has 2 aliphatic rings. The molecule has 1 aromatic heterocycles. The van der Waals surface area contributed by atoms with Crippen molar-refractivity contribution in [1.29, 1.82) is 0 Å². The Kier molecular flexibility index (Phi) is 5.64. The van der Waals surface area contributed by atoms with E-state index in [1.807, 2.05) is 4.90 Å². The van der Waals surface area contributed by atoms with Crippen molar-refractivity contribution >= 4 is 11.9 Å². The zero-order valence-electron chi connectivity index (χ0n) is 16.2. The lowest BCUT2D eigenvalue weighted by Gasteiger charge is -2.24. The molecule has 1 aliphatic carbocycles. The van der Waals surface area contributed by atoms with Gasteiger partial charge in [0.25, 0.3) is 0 Å². The molecule has 0 spiro atoms. The number of hydrogen-bond acceptors (Lipinski definition) is 5. The van der Waals surface area contributed by atoms with Crippen LogP contribution in [0.25, 0.3) is 0 Å². The molecule has 2 atom stereocenters. The molecular weight excluding hydrogens is 399 g/mol. The van der Waals surface area contributed by atoms with Crippen molar-refractivity contribution in [2.24, 2.45) is 5.92 Å². The van der Waals surface area contributed by atoms with E-state index in [1.54, 1.807) is 0 Å². The SMILES string of the molecule is O=C(O)c1cnc(N2CC(c3ccc(C(F)(F)F)cc3)C[C@H]2COCC2CC2)nc1. The molecule has 1 N–H and O–H groups in total. The van der Waals surface area contributed by atoms with Crippen LogP contribution in [0.1, 0.15) is 46.7 Å². The van der Waals surface area contributed by atoms with E-state index in [-0.39, 0.29) is 17.5 Å². The van der Waals surface area contributed by atoms with Gasteiger partial charge in [0.1, 0.15) is 0 Å². The van der Waals surface area contributed by atoms with Crippen LogP contribution in [0.3, 0.4) is 0 Å². The normalized spacial score (nSPS) is 21.8. The van der Waals surface area contributed by atoms with E-state index in [4.69, 9.17) is 9.84 Å². The molecule has 1 aromatic carbocycles. The maximum Gasteiger partial charge on any atom is 0.416 e. The molecule has 2 aromatic rings. The summed E-state index contributed by atoms with van der Waals surface area (Å²) in [7, 11) is 0. The first-order valence-corrected chi connectivity index (χ1v) is 9.88. The van der Waals surface area contributed by atoms with E-state index in [9.17, 15) is 18.0 Å². The van der Waals surface area contributed by atoms with Crippen molar-refractivity contribution in [2.75, 3.05) is 24.7 Å². The van der Waals surface area contributed by atoms with E-state index in [1.165, 1.54) is 37.4 Å². The first kappa shape index (κ1) is 20.6. The van der Waals surface area contributed by atoms with Gasteiger partial charge in [-0.15, -0.1) is 0 Å². The summed E-state index contributed by atoms with van der Waals surface area (Å²) in [6, 6.07) is 5.22. The minimum absolute atomic E-state index is 0.00114. The summed E-state index contributed by atoms with van der Waals surface area (Å²) >= 11 is 0. The summed E-state index contributed by atoms with van der Waals surface area (Å²) in [5.74, 6) is -0.0782. The first-order valence-electron chi connectivity index (χ1n) is 9.88. The van der Waals surface area contributed by atoms with Crippen LogP contribution >= 0.6 is 0 Å². The third-order valence-electron chi connectivity index (χ3n) is 5.63. The summed E-state index contributed by atoms with van der Waals surface area (Å²) in [6.07, 6.45) is 1.22. The van der Waals surface area contributed by atoms with Gasteiger partial charge in [-0.2, -0.15) is 13.2 Å².